The molecule has 11 heteroatoms. The van der Waals surface area contributed by atoms with Gasteiger partial charge < -0.3 is 0 Å². The first-order valence-corrected chi connectivity index (χ1v) is 6.60. The number of sulfonamides is 1. The molecule has 0 spiro atoms. The normalized spacial score (nSPS) is 11.5. The Kier molecular flexibility index (Phi) is 3.22. The lowest BCUT2D eigenvalue weighted by Gasteiger charge is -1.97. The van der Waals surface area contributed by atoms with Gasteiger partial charge in [0.1, 0.15) is 0 Å². The summed E-state index contributed by atoms with van der Waals surface area (Å²) in [6.45, 7) is 0. The van der Waals surface area contributed by atoms with Crippen LogP contribution in [0.4, 0.5) is 5.69 Å². The fourth-order valence-corrected chi connectivity index (χ4v) is 1.93. The van der Waals surface area contributed by atoms with E-state index in [4.69, 9.17) is 16.7 Å². The van der Waals surface area contributed by atoms with Crippen LogP contribution in [0.15, 0.2) is 23.4 Å². The number of aromatic nitrogens is 3. The van der Waals surface area contributed by atoms with Gasteiger partial charge in [-0.3, -0.25) is 10.1 Å². The molecule has 1 aromatic carbocycles. The summed E-state index contributed by atoms with van der Waals surface area (Å²) in [6, 6.07) is 3.69. The zero-order chi connectivity index (χ0) is 14.2. The van der Waals surface area contributed by atoms with Crippen molar-refractivity contribution in [2.24, 2.45) is 5.14 Å². The first-order chi connectivity index (χ1) is 8.77. The molecule has 0 unspecified atom stereocenters. The molecule has 0 aliphatic rings. The Hall–Kier alpha value is -2.04. The second-order valence-electron chi connectivity index (χ2n) is 3.46. The molecule has 0 fully saturated rings. The zero-order valence-electron chi connectivity index (χ0n) is 9.07. The number of hydrogen-bond acceptors (Lipinski definition) is 6. The van der Waals surface area contributed by atoms with Crippen LogP contribution >= 0.6 is 11.6 Å². The highest BCUT2D eigenvalue weighted by Gasteiger charge is 2.17. The number of aromatic amines is 1. The molecule has 1 heterocycles. The topological polar surface area (TPSA) is 145 Å². The lowest BCUT2D eigenvalue weighted by molar-refractivity contribution is -0.384. The molecular formula is C8H6ClN5O4S. The number of halogens is 1. The summed E-state index contributed by atoms with van der Waals surface area (Å²) in [5.74, 6) is -0.0605. The minimum Gasteiger partial charge on any atom is -0.258 e. The van der Waals surface area contributed by atoms with Crippen LogP contribution in [-0.2, 0) is 10.0 Å². The summed E-state index contributed by atoms with van der Waals surface area (Å²) in [7, 11) is -4.02. The Labute approximate surface area is 111 Å². The van der Waals surface area contributed by atoms with Gasteiger partial charge in [0, 0.05) is 22.7 Å². The highest BCUT2D eigenvalue weighted by atomic mass is 35.5. The number of H-pyrrole nitrogens is 1. The Morgan fingerprint density at radius 2 is 2.05 bits per heavy atom. The second-order valence-corrected chi connectivity index (χ2v) is 5.38. The molecular weight excluding hydrogens is 298 g/mol. The van der Waals surface area contributed by atoms with E-state index >= 15 is 0 Å². The maximum atomic E-state index is 11.0. The van der Waals surface area contributed by atoms with Gasteiger partial charge in [0.2, 0.25) is 0 Å². The smallest absolute Gasteiger partial charge is 0.258 e. The minimum absolute atomic E-state index is 0.0605. The average Bonchev–Trinajstić information content (AvgIpc) is 2.76. The third kappa shape index (κ3) is 2.86. The molecule has 0 saturated carbocycles. The first kappa shape index (κ1) is 13.4. The van der Waals surface area contributed by atoms with Crippen molar-refractivity contribution in [2.75, 3.05) is 0 Å². The molecule has 0 amide bonds. The van der Waals surface area contributed by atoms with Gasteiger partial charge in [-0.1, -0.05) is 11.6 Å². The standard InChI is InChI=1S/C8H6ClN5O4S/c9-5-1-4(2-6(3-5)14(15)16)7-11-8(13-12-7)19(10,17)18/h1-3H,(H2,10,17,18)(H,11,12,13). The third-order valence-corrected chi connectivity index (χ3v) is 3.03. The molecule has 100 valence electrons. The van der Waals surface area contributed by atoms with E-state index in [0.29, 0.717) is 0 Å². The van der Waals surface area contributed by atoms with Crippen molar-refractivity contribution < 1.29 is 13.3 Å². The van der Waals surface area contributed by atoms with Gasteiger partial charge in [0.15, 0.2) is 5.82 Å². The number of hydrogen-bond donors (Lipinski definition) is 2. The van der Waals surface area contributed by atoms with Crippen LogP contribution in [0, 0.1) is 10.1 Å². The van der Waals surface area contributed by atoms with Crippen molar-refractivity contribution in [3.05, 3.63) is 33.3 Å². The average molecular weight is 304 g/mol. The highest BCUT2D eigenvalue weighted by Crippen LogP contribution is 2.26. The van der Waals surface area contributed by atoms with Crippen LogP contribution in [-0.4, -0.2) is 28.5 Å². The number of rotatable bonds is 3. The van der Waals surface area contributed by atoms with Crippen molar-refractivity contribution in [1.29, 1.82) is 0 Å². The van der Waals surface area contributed by atoms with Gasteiger partial charge in [-0.25, -0.2) is 18.7 Å². The van der Waals surface area contributed by atoms with Crippen molar-refractivity contribution in [3.8, 4) is 11.4 Å². The van der Waals surface area contributed by atoms with E-state index in [1.54, 1.807) is 0 Å². The van der Waals surface area contributed by atoms with Crippen LogP contribution in [0.5, 0.6) is 0 Å². The molecule has 0 aliphatic heterocycles. The number of non-ortho nitro benzene ring substituents is 1. The quantitative estimate of drug-likeness (QED) is 0.630. The Morgan fingerprint density at radius 3 is 2.58 bits per heavy atom. The maximum Gasteiger partial charge on any atom is 0.273 e. The lowest BCUT2D eigenvalue weighted by Crippen LogP contribution is -2.13. The van der Waals surface area contributed by atoms with Crippen LogP contribution < -0.4 is 5.14 Å². The Balaban J connectivity index is 2.53. The molecule has 0 atom stereocenters. The molecule has 0 saturated heterocycles. The number of nitro benzene ring substituents is 1. The van der Waals surface area contributed by atoms with Crippen LogP contribution in [0.2, 0.25) is 5.02 Å². The van der Waals surface area contributed by atoms with Crippen molar-refractivity contribution >= 4 is 27.3 Å². The van der Waals surface area contributed by atoms with Crippen molar-refractivity contribution in [3.63, 3.8) is 0 Å². The summed E-state index contributed by atoms with van der Waals surface area (Å²) in [5.41, 5.74) is -0.0604. The van der Waals surface area contributed by atoms with Crippen molar-refractivity contribution in [1.82, 2.24) is 15.2 Å². The minimum atomic E-state index is -4.02. The molecule has 0 aliphatic carbocycles. The largest absolute Gasteiger partial charge is 0.273 e. The summed E-state index contributed by atoms with van der Waals surface area (Å²) in [6.07, 6.45) is 0. The van der Waals surface area contributed by atoms with Gasteiger partial charge in [-0.05, 0) is 6.07 Å². The predicted molar refractivity (Wildman–Crippen MR) is 64.9 cm³/mol. The molecule has 2 aromatic rings. The number of nitrogens with two attached hydrogens (primary N) is 1. The number of nitrogens with zero attached hydrogens (tertiary/aromatic N) is 3. The summed E-state index contributed by atoms with van der Waals surface area (Å²) >= 11 is 5.73. The molecule has 9 nitrogen and oxygen atoms in total. The first-order valence-electron chi connectivity index (χ1n) is 4.68. The zero-order valence-corrected chi connectivity index (χ0v) is 10.6. The van der Waals surface area contributed by atoms with E-state index in [1.165, 1.54) is 12.1 Å². The number of nitrogens with one attached hydrogen (secondary N) is 1. The SMILES string of the molecule is NS(=O)(=O)c1nc(-c2cc(Cl)cc([N+](=O)[O-])c2)n[nH]1. The molecule has 1 aromatic heterocycles. The lowest BCUT2D eigenvalue weighted by atomic mass is 10.2. The fourth-order valence-electron chi connectivity index (χ4n) is 1.31. The fraction of sp³-hybridized carbons (Fsp3) is 0. The summed E-state index contributed by atoms with van der Waals surface area (Å²) in [5, 5.41) is 20.9. The van der Waals surface area contributed by atoms with Gasteiger partial charge in [-0.15, -0.1) is 0 Å². The Morgan fingerprint density at radius 1 is 1.37 bits per heavy atom. The Bertz CT molecular complexity index is 756. The van der Waals surface area contributed by atoms with E-state index in [0.717, 1.165) is 6.07 Å². The molecule has 2 rings (SSSR count). The molecule has 3 N–H and O–H groups in total. The summed E-state index contributed by atoms with van der Waals surface area (Å²) < 4.78 is 22.1. The van der Waals surface area contributed by atoms with Gasteiger partial charge in [-0.2, -0.15) is 10.1 Å². The molecule has 0 radical (unpaired) electrons. The van der Waals surface area contributed by atoms with Crippen molar-refractivity contribution in [2.45, 2.75) is 5.16 Å². The number of benzene rings is 1. The van der Waals surface area contributed by atoms with Crippen LogP contribution in [0.25, 0.3) is 11.4 Å². The van der Waals surface area contributed by atoms with E-state index in [1.807, 2.05) is 0 Å². The monoisotopic (exact) mass is 303 g/mol. The maximum absolute atomic E-state index is 11.0. The predicted octanol–water partition coefficient (Wildman–Crippen LogP) is 0.681. The van der Waals surface area contributed by atoms with Crippen LogP contribution in [0.1, 0.15) is 0 Å². The number of nitro groups is 1. The second kappa shape index (κ2) is 4.57. The number of primary sulfonamides is 1. The van der Waals surface area contributed by atoms with E-state index in [-0.39, 0.29) is 22.1 Å². The molecule has 19 heavy (non-hydrogen) atoms. The molecule has 0 bridgehead atoms. The van der Waals surface area contributed by atoms with Crippen LogP contribution in [0.3, 0.4) is 0 Å². The highest BCUT2D eigenvalue weighted by molar-refractivity contribution is 7.89. The van der Waals surface area contributed by atoms with E-state index in [2.05, 4.69) is 15.2 Å². The van der Waals surface area contributed by atoms with Gasteiger partial charge in [0.25, 0.3) is 20.9 Å². The van der Waals surface area contributed by atoms with E-state index in [9.17, 15) is 18.5 Å². The van der Waals surface area contributed by atoms with Gasteiger partial charge >= 0.3 is 0 Å². The third-order valence-electron chi connectivity index (χ3n) is 2.09. The van der Waals surface area contributed by atoms with Gasteiger partial charge in [0.05, 0.1) is 4.92 Å². The van der Waals surface area contributed by atoms with E-state index < -0.39 is 20.1 Å². The summed E-state index contributed by atoms with van der Waals surface area (Å²) in [4.78, 5) is 13.7.